The van der Waals surface area contributed by atoms with Crippen LogP contribution in [0.4, 0.5) is 0 Å². The van der Waals surface area contributed by atoms with E-state index in [0.717, 1.165) is 29.7 Å². The van der Waals surface area contributed by atoms with E-state index in [1.54, 1.807) is 0 Å². The largest absolute Gasteiger partial charge is 0.493 e. The molecule has 4 nitrogen and oxygen atoms in total. The molecule has 0 radical (unpaired) electrons. The summed E-state index contributed by atoms with van der Waals surface area (Å²) in [5.74, 6) is 0.779. The van der Waals surface area contributed by atoms with Crippen molar-refractivity contribution in [1.82, 2.24) is 5.32 Å². The number of carbonyl (C=O) groups excluding carboxylic acids is 1. The molecule has 0 aromatic heterocycles. The number of hydrogen-bond acceptors (Lipinski definition) is 3. The first-order valence-electron chi connectivity index (χ1n) is 6.41. The summed E-state index contributed by atoms with van der Waals surface area (Å²) in [6.45, 7) is 2.92. The van der Waals surface area contributed by atoms with E-state index in [4.69, 9.17) is 4.74 Å². The molecule has 0 saturated heterocycles. The van der Waals surface area contributed by atoms with Gasteiger partial charge < -0.3 is 15.2 Å². The summed E-state index contributed by atoms with van der Waals surface area (Å²) in [7, 11) is 0. The van der Waals surface area contributed by atoms with Crippen molar-refractivity contribution in [1.29, 1.82) is 0 Å². The van der Waals surface area contributed by atoms with Gasteiger partial charge in [-0.25, -0.2) is 0 Å². The van der Waals surface area contributed by atoms with Crippen LogP contribution in [0.2, 0.25) is 0 Å². The Morgan fingerprint density at radius 3 is 3.17 bits per heavy atom. The average Bonchev–Trinajstić information content (AvgIpc) is 2.71. The van der Waals surface area contributed by atoms with Crippen molar-refractivity contribution in [3.05, 3.63) is 29.3 Å². The molecule has 18 heavy (non-hydrogen) atoms. The Bertz CT molecular complexity index is 431. The molecule has 2 rings (SSSR count). The Labute approximate surface area is 107 Å². The van der Waals surface area contributed by atoms with Crippen LogP contribution < -0.4 is 10.1 Å². The smallest absolute Gasteiger partial charge is 0.223 e. The van der Waals surface area contributed by atoms with Crippen molar-refractivity contribution in [3.63, 3.8) is 0 Å². The van der Waals surface area contributed by atoms with Gasteiger partial charge in [0.2, 0.25) is 5.91 Å². The fourth-order valence-electron chi connectivity index (χ4n) is 2.21. The number of nitrogens with one attached hydrogen (secondary N) is 1. The number of rotatable bonds is 5. The van der Waals surface area contributed by atoms with Gasteiger partial charge in [0.15, 0.2) is 0 Å². The highest BCUT2D eigenvalue weighted by atomic mass is 16.5. The second-order valence-electron chi connectivity index (χ2n) is 4.47. The Balaban J connectivity index is 1.86. The zero-order valence-corrected chi connectivity index (χ0v) is 10.6. The highest BCUT2D eigenvalue weighted by Gasteiger charge is 2.20. The zero-order chi connectivity index (χ0) is 13.0. The monoisotopic (exact) mass is 249 g/mol. The molecular weight excluding hydrogens is 230 g/mol. The quantitative estimate of drug-likeness (QED) is 0.832. The number of fused-ring (bicyclic) bond motifs is 1. The highest BCUT2D eigenvalue weighted by molar-refractivity contribution is 5.75. The van der Waals surface area contributed by atoms with Gasteiger partial charge in [0.25, 0.3) is 0 Å². The Kier molecular flexibility index (Phi) is 4.20. The second-order valence-corrected chi connectivity index (χ2v) is 4.47. The van der Waals surface area contributed by atoms with Crippen LogP contribution in [0.5, 0.6) is 5.75 Å². The van der Waals surface area contributed by atoms with Crippen molar-refractivity contribution in [3.8, 4) is 5.75 Å². The SMILES string of the molecule is CCNC(=O)CCOc1ccc2c(c1)CC[C@H]2O. The van der Waals surface area contributed by atoms with Gasteiger partial charge in [0.1, 0.15) is 5.75 Å². The molecule has 1 atom stereocenters. The molecule has 98 valence electrons. The summed E-state index contributed by atoms with van der Waals surface area (Å²) in [5, 5.41) is 12.4. The minimum absolute atomic E-state index is 0.00841. The van der Waals surface area contributed by atoms with Crippen molar-refractivity contribution in [2.24, 2.45) is 0 Å². The molecule has 1 aliphatic rings. The second kappa shape index (κ2) is 5.87. The lowest BCUT2D eigenvalue weighted by molar-refractivity contribution is -0.121. The molecule has 1 aromatic rings. The number of amides is 1. The fraction of sp³-hybridized carbons (Fsp3) is 0.500. The van der Waals surface area contributed by atoms with Crippen molar-refractivity contribution in [2.45, 2.75) is 32.3 Å². The molecular formula is C14H19NO3. The standard InChI is InChI=1S/C14H19NO3/c1-2-15-14(17)7-8-18-11-4-5-12-10(9-11)3-6-13(12)16/h4-5,9,13,16H,2-3,6-8H2,1H3,(H,15,17)/t13-/m1/s1. The summed E-state index contributed by atoms with van der Waals surface area (Å²) in [6, 6.07) is 5.73. The fourth-order valence-corrected chi connectivity index (χ4v) is 2.21. The van der Waals surface area contributed by atoms with E-state index in [1.807, 2.05) is 25.1 Å². The molecule has 0 fully saturated rings. The summed E-state index contributed by atoms with van der Waals surface area (Å²) < 4.78 is 5.54. The minimum Gasteiger partial charge on any atom is -0.493 e. The number of aliphatic hydroxyl groups is 1. The molecule has 0 aliphatic heterocycles. The predicted octanol–water partition coefficient (Wildman–Crippen LogP) is 1.57. The number of ether oxygens (including phenoxy) is 1. The average molecular weight is 249 g/mol. The topological polar surface area (TPSA) is 58.6 Å². The number of benzene rings is 1. The van der Waals surface area contributed by atoms with E-state index < -0.39 is 0 Å². The van der Waals surface area contributed by atoms with Crippen LogP contribution in [0.15, 0.2) is 18.2 Å². The van der Waals surface area contributed by atoms with Gasteiger partial charge in [0, 0.05) is 6.54 Å². The molecule has 1 aromatic carbocycles. The Morgan fingerprint density at radius 1 is 1.56 bits per heavy atom. The molecule has 1 aliphatic carbocycles. The maximum atomic E-state index is 11.2. The normalized spacial score (nSPS) is 17.3. The first-order chi connectivity index (χ1) is 8.70. The van der Waals surface area contributed by atoms with E-state index >= 15 is 0 Å². The van der Waals surface area contributed by atoms with Gasteiger partial charge in [-0.15, -0.1) is 0 Å². The summed E-state index contributed by atoms with van der Waals surface area (Å²) in [5.41, 5.74) is 2.16. The number of hydrogen-bond donors (Lipinski definition) is 2. The van der Waals surface area contributed by atoms with E-state index in [1.165, 1.54) is 0 Å². The van der Waals surface area contributed by atoms with Crippen LogP contribution in [0, 0.1) is 0 Å². The summed E-state index contributed by atoms with van der Waals surface area (Å²) in [6.07, 6.45) is 1.72. The van der Waals surface area contributed by atoms with Gasteiger partial charge in [-0.1, -0.05) is 6.07 Å². The van der Waals surface area contributed by atoms with Gasteiger partial charge in [0.05, 0.1) is 19.1 Å². The minimum atomic E-state index is -0.329. The summed E-state index contributed by atoms with van der Waals surface area (Å²) >= 11 is 0. The molecule has 0 unspecified atom stereocenters. The molecule has 4 heteroatoms. The summed E-state index contributed by atoms with van der Waals surface area (Å²) in [4.78, 5) is 11.2. The van der Waals surface area contributed by atoms with Crippen LogP contribution in [0.25, 0.3) is 0 Å². The maximum Gasteiger partial charge on any atom is 0.223 e. The van der Waals surface area contributed by atoms with Gasteiger partial charge in [-0.3, -0.25) is 4.79 Å². The van der Waals surface area contributed by atoms with Crippen LogP contribution in [0.3, 0.4) is 0 Å². The molecule has 2 N–H and O–H groups in total. The lowest BCUT2D eigenvalue weighted by Gasteiger charge is -2.09. The lowest BCUT2D eigenvalue weighted by atomic mass is 10.1. The third kappa shape index (κ3) is 3.01. The van der Waals surface area contributed by atoms with E-state index in [2.05, 4.69) is 5.32 Å². The van der Waals surface area contributed by atoms with E-state index in [-0.39, 0.29) is 12.0 Å². The third-order valence-corrected chi connectivity index (χ3v) is 3.13. The number of aliphatic hydroxyl groups excluding tert-OH is 1. The van der Waals surface area contributed by atoms with Crippen LogP contribution >= 0.6 is 0 Å². The first kappa shape index (κ1) is 12.9. The number of carbonyl (C=O) groups is 1. The van der Waals surface area contributed by atoms with Crippen LogP contribution in [0.1, 0.15) is 37.0 Å². The van der Waals surface area contributed by atoms with Crippen molar-refractivity contribution >= 4 is 5.91 Å². The van der Waals surface area contributed by atoms with Gasteiger partial charge >= 0.3 is 0 Å². The Hall–Kier alpha value is -1.55. The first-order valence-corrected chi connectivity index (χ1v) is 6.41. The lowest BCUT2D eigenvalue weighted by Crippen LogP contribution is -2.24. The highest BCUT2D eigenvalue weighted by Crippen LogP contribution is 2.33. The molecule has 0 bridgehead atoms. The van der Waals surface area contributed by atoms with Crippen molar-refractivity contribution < 1.29 is 14.6 Å². The van der Waals surface area contributed by atoms with Gasteiger partial charge in [-0.2, -0.15) is 0 Å². The molecule has 0 spiro atoms. The predicted molar refractivity (Wildman–Crippen MR) is 68.5 cm³/mol. The maximum absolute atomic E-state index is 11.2. The Morgan fingerprint density at radius 2 is 2.39 bits per heavy atom. The van der Waals surface area contributed by atoms with E-state index in [9.17, 15) is 9.90 Å². The van der Waals surface area contributed by atoms with Crippen molar-refractivity contribution in [2.75, 3.05) is 13.2 Å². The van der Waals surface area contributed by atoms with Gasteiger partial charge in [-0.05, 0) is 43.0 Å². The van der Waals surface area contributed by atoms with Crippen LogP contribution in [-0.2, 0) is 11.2 Å². The third-order valence-electron chi connectivity index (χ3n) is 3.13. The zero-order valence-electron chi connectivity index (χ0n) is 10.6. The van der Waals surface area contributed by atoms with Crippen LogP contribution in [-0.4, -0.2) is 24.2 Å². The molecule has 0 heterocycles. The van der Waals surface area contributed by atoms with E-state index in [0.29, 0.717) is 19.6 Å². The molecule has 1 amide bonds. The number of aryl methyl sites for hydroxylation is 1. The molecule has 0 saturated carbocycles.